The molecule has 0 fully saturated rings. The first kappa shape index (κ1) is 13.9. The fraction of sp³-hybridized carbons (Fsp3) is 0.333. The second-order valence-electron chi connectivity index (χ2n) is 3.40. The summed E-state index contributed by atoms with van der Waals surface area (Å²) >= 11 is 0. The lowest BCUT2D eigenvalue weighted by atomic mass is 10.1. The molecule has 0 saturated heterocycles. The maximum Gasteiger partial charge on any atom is 0.416 e. The van der Waals surface area contributed by atoms with Crippen LogP contribution in [-0.2, 0) is 12.6 Å². The monoisotopic (exact) mass is 264 g/mol. The molecule has 0 unspecified atom stereocenters. The van der Waals surface area contributed by atoms with Crippen molar-refractivity contribution in [2.24, 2.45) is 0 Å². The number of nitro groups is 2. The van der Waals surface area contributed by atoms with Gasteiger partial charge in [-0.1, -0.05) is 6.07 Å². The molecule has 9 heteroatoms. The molecule has 98 valence electrons. The maximum absolute atomic E-state index is 12.3. The van der Waals surface area contributed by atoms with Crippen molar-refractivity contribution < 1.29 is 23.0 Å². The van der Waals surface area contributed by atoms with Gasteiger partial charge < -0.3 is 0 Å². The molecule has 0 radical (unpaired) electrons. The van der Waals surface area contributed by atoms with Crippen LogP contribution in [0.2, 0.25) is 0 Å². The highest BCUT2D eigenvalue weighted by atomic mass is 19.4. The molecule has 6 nitrogen and oxygen atoms in total. The van der Waals surface area contributed by atoms with Crippen LogP contribution < -0.4 is 0 Å². The van der Waals surface area contributed by atoms with E-state index in [0.29, 0.717) is 12.1 Å². The largest absolute Gasteiger partial charge is 0.416 e. The van der Waals surface area contributed by atoms with Gasteiger partial charge in [0.15, 0.2) is 0 Å². The van der Waals surface area contributed by atoms with Crippen LogP contribution in [0.25, 0.3) is 0 Å². The van der Waals surface area contributed by atoms with Gasteiger partial charge in [0.2, 0.25) is 6.54 Å². The number of rotatable bonds is 4. The molecular formula is C9H7F3N2O4. The van der Waals surface area contributed by atoms with Crippen LogP contribution >= 0.6 is 0 Å². The zero-order valence-corrected chi connectivity index (χ0v) is 8.81. The molecule has 0 aliphatic heterocycles. The van der Waals surface area contributed by atoms with Crippen molar-refractivity contribution in [3.8, 4) is 0 Å². The number of benzene rings is 1. The van der Waals surface area contributed by atoms with Gasteiger partial charge in [-0.15, -0.1) is 0 Å². The summed E-state index contributed by atoms with van der Waals surface area (Å²) in [5.74, 6) is 0. The van der Waals surface area contributed by atoms with Crippen molar-refractivity contribution in [1.82, 2.24) is 0 Å². The second-order valence-corrected chi connectivity index (χ2v) is 3.40. The molecule has 1 aromatic carbocycles. The third-order valence-electron chi connectivity index (χ3n) is 2.17. The topological polar surface area (TPSA) is 86.3 Å². The number of hydrogen-bond acceptors (Lipinski definition) is 4. The first-order valence-electron chi connectivity index (χ1n) is 4.68. The Morgan fingerprint density at radius 2 is 1.78 bits per heavy atom. The highest BCUT2D eigenvalue weighted by Crippen LogP contribution is 2.33. The first-order chi connectivity index (χ1) is 8.21. The fourth-order valence-electron chi connectivity index (χ4n) is 1.33. The Morgan fingerprint density at radius 3 is 2.22 bits per heavy atom. The molecule has 0 aliphatic carbocycles. The number of hydrogen-bond donors (Lipinski definition) is 0. The van der Waals surface area contributed by atoms with E-state index in [2.05, 4.69) is 0 Å². The predicted octanol–water partition coefficient (Wildman–Crippen LogP) is 2.43. The van der Waals surface area contributed by atoms with E-state index in [9.17, 15) is 33.4 Å². The van der Waals surface area contributed by atoms with Crippen LogP contribution in [0.3, 0.4) is 0 Å². The van der Waals surface area contributed by atoms with Gasteiger partial charge in [0.05, 0.1) is 10.5 Å². The number of halogens is 3. The molecule has 0 aliphatic rings. The van der Waals surface area contributed by atoms with Crippen molar-refractivity contribution in [2.75, 3.05) is 6.54 Å². The summed E-state index contributed by atoms with van der Waals surface area (Å²) in [5.41, 5.74) is -2.00. The average Bonchev–Trinajstić information content (AvgIpc) is 2.24. The molecule has 18 heavy (non-hydrogen) atoms. The first-order valence-corrected chi connectivity index (χ1v) is 4.68. The van der Waals surface area contributed by atoms with E-state index in [1.54, 1.807) is 0 Å². The van der Waals surface area contributed by atoms with Gasteiger partial charge in [0.1, 0.15) is 0 Å². The molecule has 0 bridgehead atoms. The molecule has 0 heterocycles. The van der Waals surface area contributed by atoms with E-state index in [1.807, 2.05) is 0 Å². The summed E-state index contributed by atoms with van der Waals surface area (Å²) < 4.78 is 37.0. The quantitative estimate of drug-likeness (QED) is 0.617. The van der Waals surface area contributed by atoms with Crippen LogP contribution in [0.1, 0.15) is 11.1 Å². The lowest BCUT2D eigenvalue weighted by Crippen LogP contribution is -2.09. The lowest BCUT2D eigenvalue weighted by molar-refractivity contribution is -0.479. The lowest BCUT2D eigenvalue weighted by Gasteiger charge is -2.07. The van der Waals surface area contributed by atoms with E-state index in [4.69, 9.17) is 0 Å². The van der Waals surface area contributed by atoms with Gasteiger partial charge >= 0.3 is 6.18 Å². The minimum atomic E-state index is -4.69. The molecule has 0 N–H and O–H groups in total. The van der Waals surface area contributed by atoms with Crippen LogP contribution in [0.5, 0.6) is 0 Å². The Kier molecular flexibility index (Phi) is 3.84. The van der Waals surface area contributed by atoms with E-state index in [1.165, 1.54) is 0 Å². The standard InChI is InChI=1S/C9H7F3N2O4/c10-9(11,12)7-2-1-6(3-4-13(15)16)8(5-7)14(17)18/h1-2,5H,3-4H2. The third-order valence-corrected chi connectivity index (χ3v) is 2.17. The Balaban J connectivity index is 3.13. The van der Waals surface area contributed by atoms with Crippen molar-refractivity contribution in [2.45, 2.75) is 12.6 Å². The van der Waals surface area contributed by atoms with Crippen molar-refractivity contribution in [1.29, 1.82) is 0 Å². The predicted molar refractivity (Wildman–Crippen MR) is 53.7 cm³/mol. The molecule has 0 amide bonds. The molecular weight excluding hydrogens is 257 g/mol. The maximum atomic E-state index is 12.3. The summed E-state index contributed by atoms with van der Waals surface area (Å²) in [6.45, 7) is -0.577. The summed E-state index contributed by atoms with van der Waals surface area (Å²) in [6.07, 6.45) is -4.98. The van der Waals surface area contributed by atoms with Crippen LogP contribution in [-0.4, -0.2) is 16.4 Å². The van der Waals surface area contributed by atoms with E-state index in [-0.39, 0.29) is 12.0 Å². The summed E-state index contributed by atoms with van der Waals surface area (Å²) in [4.78, 5) is 19.1. The van der Waals surface area contributed by atoms with Crippen LogP contribution in [0.4, 0.5) is 18.9 Å². The van der Waals surface area contributed by atoms with Crippen molar-refractivity contribution in [3.63, 3.8) is 0 Å². The third kappa shape index (κ3) is 3.40. The second kappa shape index (κ2) is 4.98. The van der Waals surface area contributed by atoms with Crippen molar-refractivity contribution in [3.05, 3.63) is 49.6 Å². The molecule has 1 rings (SSSR count). The molecule has 0 aromatic heterocycles. The zero-order chi connectivity index (χ0) is 13.9. The average molecular weight is 264 g/mol. The van der Waals surface area contributed by atoms with Gasteiger partial charge in [-0.3, -0.25) is 20.2 Å². The highest BCUT2D eigenvalue weighted by molar-refractivity contribution is 5.44. The number of nitrogens with zero attached hydrogens (tertiary/aromatic N) is 2. The van der Waals surface area contributed by atoms with Crippen molar-refractivity contribution >= 4 is 5.69 Å². The number of alkyl halides is 3. The molecule has 0 spiro atoms. The van der Waals surface area contributed by atoms with Crippen LogP contribution in [0, 0.1) is 20.2 Å². The van der Waals surface area contributed by atoms with E-state index < -0.39 is 33.8 Å². The van der Waals surface area contributed by atoms with Gasteiger partial charge in [0.25, 0.3) is 5.69 Å². The molecule has 0 saturated carbocycles. The van der Waals surface area contributed by atoms with E-state index >= 15 is 0 Å². The zero-order valence-electron chi connectivity index (χ0n) is 8.81. The summed E-state index contributed by atoms with van der Waals surface area (Å²) in [6, 6.07) is 1.95. The Hall–Kier alpha value is -2.19. The molecule has 1 aromatic rings. The van der Waals surface area contributed by atoms with Gasteiger partial charge in [0, 0.05) is 23.0 Å². The van der Waals surface area contributed by atoms with Gasteiger partial charge in [-0.2, -0.15) is 13.2 Å². The highest BCUT2D eigenvalue weighted by Gasteiger charge is 2.33. The minimum absolute atomic E-state index is 0.0929. The van der Waals surface area contributed by atoms with Gasteiger partial charge in [-0.25, -0.2) is 0 Å². The number of nitro benzene ring substituents is 1. The smallest absolute Gasteiger partial charge is 0.265 e. The fourth-order valence-corrected chi connectivity index (χ4v) is 1.33. The molecule has 0 atom stereocenters. The Labute approximate surface area is 98.3 Å². The Bertz CT molecular complexity index is 487. The normalized spacial score (nSPS) is 11.3. The summed E-state index contributed by atoms with van der Waals surface area (Å²) in [7, 11) is 0. The van der Waals surface area contributed by atoms with Crippen LogP contribution in [0.15, 0.2) is 18.2 Å². The summed E-state index contributed by atoms with van der Waals surface area (Å²) in [5, 5.41) is 20.7. The van der Waals surface area contributed by atoms with E-state index in [0.717, 1.165) is 6.07 Å². The Morgan fingerprint density at radius 1 is 1.17 bits per heavy atom. The SMILES string of the molecule is O=[N+]([O-])CCc1ccc(C(F)(F)F)cc1[N+](=O)[O-]. The minimum Gasteiger partial charge on any atom is -0.265 e. The van der Waals surface area contributed by atoms with Gasteiger partial charge in [-0.05, 0) is 6.07 Å².